The minimum atomic E-state index is -1.44. The number of carbonyl (C=O) groups is 2. The second-order valence-corrected chi connectivity index (χ2v) is 6.47. The van der Waals surface area contributed by atoms with Gasteiger partial charge in [0.2, 0.25) is 0 Å². The Bertz CT molecular complexity index is 524. The molecule has 0 aliphatic rings. The molecule has 1 amide bonds. The molecule has 2 N–H and O–H groups in total. The first-order chi connectivity index (χ1) is 11.2. The molecule has 0 bridgehead atoms. The van der Waals surface area contributed by atoms with E-state index in [1.165, 1.54) is 0 Å². The summed E-state index contributed by atoms with van der Waals surface area (Å²) in [6, 6.07) is 8.83. The number of aliphatic hydroxyl groups is 1. The number of hydrogen-bond acceptors (Lipinski definition) is 5. The Balaban J connectivity index is 2.74. The minimum Gasteiger partial charge on any atom is -0.464 e. The third-order valence-corrected chi connectivity index (χ3v) is 3.20. The summed E-state index contributed by atoms with van der Waals surface area (Å²) in [5, 5.41) is 12.8. The second-order valence-electron chi connectivity index (χ2n) is 6.47. The van der Waals surface area contributed by atoms with Crippen LogP contribution in [0.3, 0.4) is 0 Å². The molecule has 0 fully saturated rings. The Morgan fingerprint density at radius 2 is 1.83 bits per heavy atom. The fraction of sp³-hybridized carbons (Fsp3) is 0.556. The van der Waals surface area contributed by atoms with Gasteiger partial charge in [0, 0.05) is 0 Å². The largest absolute Gasteiger partial charge is 0.464 e. The number of amides is 1. The Morgan fingerprint density at radius 1 is 1.21 bits per heavy atom. The lowest BCUT2D eigenvalue weighted by Gasteiger charge is -2.26. The minimum absolute atomic E-state index is 0.160. The zero-order valence-electron chi connectivity index (χ0n) is 14.7. The van der Waals surface area contributed by atoms with E-state index in [4.69, 9.17) is 9.47 Å². The first-order valence-corrected chi connectivity index (χ1v) is 8.11. The summed E-state index contributed by atoms with van der Waals surface area (Å²) in [4.78, 5) is 23.8. The number of carbonyl (C=O) groups excluding carboxylic acids is 2. The van der Waals surface area contributed by atoms with Gasteiger partial charge in [-0.05, 0) is 46.1 Å². The summed E-state index contributed by atoms with van der Waals surface area (Å²) < 4.78 is 10.0. The van der Waals surface area contributed by atoms with Crippen LogP contribution in [0, 0.1) is 0 Å². The van der Waals surface area contributed by atoms with Crippen molar-refractivity contribution in [3.63, 3.8) is 0 Å². The first kappa shape index (κ1) is 20.0. The first-order valence-electron chi connectivity index (χ1n) is 8.11. The normalized spacial score (nSPS) is 13.7. The van der Waals surface area contributed by atoms with Crippen LogP contribution in [0.2, 0.25) is 0 Å². The van der Waals surface area contributed by atoms with E-state index in [1.807, 2.05) is 30.3 Å². The summed E-state index contributed by atoms with van der Waals surface area (Å²) in [5.41, 5.74) is 0.382. The maximum atomic E-state index is 12.0. The summed E-state index contributed by atoms with van der Waals surface area (Å²) >= 11 is 0. The Kier molecular flexibility index (Phi) is 7.71. The number of ether oxygens (including phenoxy) is 2. The second kappa shape index (κ2) is 9.27. The van der Waals surface area contributed by atoms with E-state index in [1.54, 1.807) is 27.7 Å². The van der Waals surface area contributed by atoms with Gasteiger partial charge in [-0.1, -0.05) is 30.3 Å². The molecule has 1 aromatic carbocycles. The van der Waals surface area contributed by atoms with Crippen LogP contribution >= 0.6 is 0 Å². The van der Waals surface area contributed by atoms with E-state index < -0.39 is 29.8 Å². The van der Waals surface area contributed by atoms with Crippen molar-refractivity contribution < 1.29 is 24.2 Å². The molecule has 6 nitrogen and oxygen atoms in total. The van der Waals surface area contributed by atoms with Crippen LogP contribution < -0.4 is 5.32 Å². The van der Waals surface area contributed by atoms with Gasteiger partial charge in [-0.15, -0.1) is 0 Å². The lowest BCUT2D eigenvalue weighted by Crippen LogP contribution is -2.49. The fourth-order valence-corrected chi connectivity index (χ4v) is 2.13. The van der Waals surface area contributed by atoms with Crippen LogP contribution in [-0.4, -0.2) is 41.5 Å². The fourth-order valence-electron chi connectivity index (χ4n) is 2.13. The van der Waals surface area contributed by atoms with Gasteiger partial charge < -0.3 is 19.9 Å². The average molecular weight is 337 g/mol. The van der Waals surface area contributed by atoms with Crippen LogP contribution in [-0.2, 0) is 20.7 Å². The molecule has 2 atom stereocenters. The van der Waals surface area contributed by atoms with Crippen molar-refractivity contribution >= 4 is 12.1 Å². The van der Waals surface area contributed by atoms with Crippen molar-refractivity contribution in [2.75, 3.05) is 6.61 Å². The maximum absolute atomic E-state index is 12.0. The lowest BCUT2D eigenvalue weighted by atomic mass is 10.0. The van der Waals surface area contributed by atoms with Gasteiger partial charge in [0.05, 0.1) is 12.6 Å². The smallest absolute Gasteiger partial charge is 0.407 e. The van der Waals surface area contributed by atoms with Crippen molar-refractivity contribution in [1.82, 2.24) is 5.32 Å². The van der Waals surface area contributed by atoms with Crippen LogP contribution in [0.1, 0.15) is 39.7 Å². The molecule has 1 rings (SSSR count). The highest BCUT2D eigenvalue weighted by molar-refractivity contribution is 5.77. The number of aliphatic hydroxyl groups excluding tert-OH is 1. The van der Waals surface area contributed by atoms with Crippen LogP contribution in [0.5, 0.6) is 0 Å². The third-order valence-electron chi connectivity index (χ3n) is 3.20. The molecule has 24 heavy (non-hydrogen) atoms. The van der Waals surface area contributed by atoms with Gasteiger partial charge in [-0.2, -0.15) is 0 Å². The molecule has 0 heterocycles. The van der Waals surface area contributed by atoms with Crippen molar-refractivity contribution in [2.45, 2.75) is 58.3 Å². The molecular formula is C18H27NO5. The lowest BCUT2D eigenvalue weighted by molar-refractivity contribution is -0.154. The molecule has 0 spiro atoms. The van der Waals surface area contributed by atoms with E-state index >= 15 is 0 Å². The number of alkyl carbamates (subject to hydrolysis) is 1. The van der Waals surface area contributed by atoms with E-state index in [0.29, 0.717) is 12.8 Å². The number of hydrogen-bond donors (Lipinski definition) is 2. The number of aryl methyl sites for hydroxylation is 1. The standard InChI is InChI=1S/C18H27NO5/c1-5-23-16(21)15(20)14(19-17(22)24-18(2,3)4)12-11-13-9-7-6-8-10-13/h6-10,14-15,20H,5,11-12H2,1-4H3,(H,19,22)/t14-,15-/m1/s1. The van der Waals surface area contributed by atoms with Gasteiger partial charge >= 0.3 is 12.1 Å². The number of rotatable bonds is 7. The topological polar surface area (TPSA) is 84.9 Å². The predicted octanol–water partition coefficient (Wildman–Crippen LogP) is 2.44. The molecule has 0 aliphatic heterocycles. The molecule has 0 saturated carbocycles. The molecule has 0 aromatic heterocycles. The monoisotopic (exact) mass is 337 g/mol. The van der Waals surface area contributed by atoms with Gasteiger partial charge in [0.15, 0.2) is 6.10 Å². The number of esters is 1. The summed E-state index contributed by atoms with van der Waals surface area (Å²) in [6.45, 7) is 7.05. The summed E-state index contributed by atoms with van der Waals surface area (Å²) in [5.74, 6) is -0.758. The van der Waals surface area contributed by atoms with E-state index in [2.05, 4.69) is 5.32 Å². The Hall–Kier alpha value is -2.08. The third kappa shape index (κ3) is 7.46. The Labute approximate surface area is 143 Å². The van der Waals surface area contributed by atoms with E-state index in [9.17, 15) is 14.7 Å². The predicted molar refractivity (Wildman–Crippen MR) is 90.6 cm³/mol. The molecule has 1 aromatic rings. The van der Waals surface area contributed by atoms with Gasteiger partial charge in [-0.25, -0.2) is 9.59 Å². The SMILES string of the molecule is CCOC(=O)[C@H](O)[C@@H](CCc1ccccc1)NC(=O)OC(C)(C)C. The van der Waals surface area contributed by atoms with Gasteiger partial charge in [-0.3, -0.25) is 0 Å². The molecule has 0 aliphatic carbocycles. The quantitative estimate of drug-likeness (QED) is 0.747. The van der Waals surface area contributed by atoms with Crippen molar-refractivity contribution in [2.24, 2.45) is 0 Å². The molecule has 134 valence electrons. The number of nitrogens with one attached hydrogen (secondary N) is 1. The molecule has 0 radical (unpaired) electrons. The highest BCUT2D eigenvalue weighted by atomic mass is 16.6. The summed E-state index contributed by atoms with van der Waals surface area (Å²) in [6.07, 6.45) is -1.15. The van der Waals surface area contributed by atoms with Crippen molar-refractivity contribution in [3.05, 3.63) is 35.9 Å². The van der Waals surface area contributed by atoms with Crippen LogP contribution in [0.4, 0.5) is 4.79 Å². The van der Waals surface area contributed by atoms with Crippen LogP contribution in [0.15, 0.2) is 30.3 Å². The molecular weight excluding hydrogens is 310 g/mol. The van der Waals surface area contributed by atoms with E-state index in [-0.39, 0.29) is 6.61 Å². The molecule has 6 heteroatoms. The molecule has 0 unspecified atom stereocenters. The highest BCUT2D eigenvalue weighted by Gasteiger charge is 2.30. The van der Waals surface area contributed by atoms with Crippen molar-refractivity contribution in [3.8, 4) is 0 Å². The Morgan fingerprint density at radius 3 is 2.38 bits per heavy atom. The van der Waals surface area contributed by atoms with Gasteiger partial charge in [0.25, 0.3) is 0 Å². The zero-order valence-corrected chi connectivity index (χ0v) is 14.7. The number of benzene rings is 1. The van der Waals surface area contributed by atoms with Crippen molar-refractivity contribution in [1.29, 1.82) is 0 Å². The maximum Gasteiger partial charge on any atom is 0.407 e. The zero-order chi connectivity index (χ0) is 18.2. The summed E-state index contributed by atoms with van der Waals surface area (Å²) in [7, 11) is 0. The van der Waals surface area contributed by atoms with Gasteiger partial charge in [0.1, 0.15) is 5.60 Å². The van der Waals surface area contributed by atoms with E-state index in [0.717, 1.165) is 5.56 Å². The highest BCUT2D eigenvalue weighted by Crippen LogP contribution is 2.12. The van der Waals surface area contributed by atoms with Crippen LogP contribution in [0.25, 0.3) is 0 Å². The average Bonchev–Trinajstić information content (AvgIpc) is 2.50. The molecule has 0 saturated heterocycles.